The summed E-state index contributed by atoms with van der Waals surface area (Å²) in [6, 6.07) is 0. The van der Waals surface area contributed by atoms with Crippen LogP contribution in [0, 0.1) is 0 Å². The molecule has 346 valence electrons. The van der Waals surface area contributed by atoms with Gasteiger partial charge in [0.2, 0.25) is 0 Å². The number of esters is 2. The molecule has 0 aliphatic heterocycles. The van der Waals surface area contributed by atoms with Crippen LogP contribution < -0.4 is 0 Å². The Morgan fingerprint density at radius 3 is 1.10 bits per heavy atom. The van der Waals surface area contributed by atoms with E-state index in [1.165, 1.54) is 128 Å². The third-order valence-electron chi connectivity index (χ3n) is 11.4. The van der Waals surface area contributed by atoms with Crippen LogP contribution in [0.15, 0.2) is 0 Å². The van der Waals surface area contributed by atoms with E-state index in [0.29, 0.717) is 13.2 Å². The molecule has 0 aromatic heterocycles. The fourth-order valence-electron chi connectivity index (χ4n) is 7.52. The van der Waals surface area contributed by atoms with Crippen LogP contribution in [0.2, 0.25) is 0 Å². The Morgan fingerprint density at radius 2 is 0.724 bits per heavy atom. The molecule has 0 saturated carbocycles. The van der Waals surface area contributed by atoms with Crippen molar-refractivity contribution in [3.63, 3.8) is 0 Å². The zero-order chi connectivity index (χ0) is 42.4. The van der Waals surface area contributed by atoms with Gasteiger partial charge < -0.3 is 19.5 Å². The van der Waals surface area contributed by atoms with Crippen molar-refractivity contribution in [1.82, 2.24) is 4.90 Å². The van der Waals surface area contributed by atoms with Crippen LogP contribution in [0.5, 0.6) is 0 Å². The number of ether oxygens (including phenoxy) is 2. The fourth-order valence-corrected chi connectivity index (χ4v) is 9.90. The van der Waals surface area contributed by atoms with Crippen molar-refractivity contribution in [2.24, 2.45) is 0 Å². The molecule has 0 aliphatic carbocycles. The van der Waals surface area contributed by atoms with Gasteiger partial charge in [-0.1, -0.05) is 182 Å². The molecule has 0 rings (SSSR count). The highest BCUT2D eigenvalue weighted by atomic mass is 32.2. The zero-order valence-electron chi connectivity index (χ0n) is 39.2. The molecule has 0 aromatic carbocycles. The third kappa shape index (κ3) is 39.7. The minimum absolute atomic E-state index is 0.00531. The van der Waals surface area contributed by atoms with Crippen LogP contribution in [-0.2, 0) is 19.1 Å². The third-order valence-corrected chi connectivity index (χ3v) is 14.1. The molecule has 0 aliphatic rings. The van der Waals surface area contributed by atoms with E-state index in [2.05, 4.69) is 32.6 Å². The Balaban J connectivity index is 4.44. The smallest absolute Gasteiger partial charge is 0.319 e. The molecule has 0 spiro atoms. The monoisotopic (exact) mass is 858 g/mol. The summed E-state index contributed by atoms with van der Waals surface area (Å²) in [5, 5.41) is 9.37. The maximum absolute atomic E-state index is 13.1. The van der Waals surface area contributed by atoms with E-state index in [4.69, 9.17) is 9.47 Å². The van der Waals surface area contributed by atoms with Crippen molar-refractivity contribution in [3.05, 3.63) is 0 Å². The minimum Gasteiger partial charge on any atom is -0.465 e. The Morgan fingerprint density at radius 1 is 0.414 bits per heavy atom. The first-order chi connectivity index (χ1) is 28.5. The standard InChI is InChI=1S/C50H99NO5S2/c1-5-9-13-17-19-27-37-47(57-45-35-25-15-11-7-3)49(53)55-43-33-23-21-29-39-51(41-31-32-42-52)40-30-22-24-34-44-56-50(54)48(38-28-20-18-14-10-6-2)58-46-36-26-16-12-8-4/h47-48,52H,5-46H2,1-4H3. The average molecular weight is 858 g/mol. The largest absolute Gasteiger partial charge is 0.465 e. The van der Waals surface area contributed by atoms with Gasteiger partial charge in [-0.2, -0.15) is 0 Å². The lowest BCUT2D eigenvalue weighted by atomic mass is 10.1. The lowest BCUT2D eigenvalue weighted by Gasteiger charge is -2.22. The maximum Gasteiger partial charge on any atom is 0.319 e. The molecule has 0 heterocycles. The van der Waals surface area contributed by atoms with Gasteiger partial charge in [-0.05, 0) is 95.3 Å². The number of hydrogen-bond acceptors (Lipinski definition) is 8. The number of carbonyl (C=O) groups is 2. The van der Waals surface area contributed by atoms with E-state index >= 15 is 0 Å². The predicted octanol–water partition coefficient (Wildman–Crippen LogP) is 14.9. The van der Waals surface area contributed by atoms with Gasteiger partial charge in [-0.15, -0.1) is 23.5 Å². The second-order valence-electron chi connectivity index (χ2n) is 17.1. The molecule has 2 unspecified atom stereocenters. The summed E-state index contributed by atoms with van der Waals surface area (Å²) in [4.78, 5) is 28.7. The second-order valence-corrected chi connectivity index (χ2v) is 19.7. The van der Waals surface area contributed by atoms with Crippen molar-refractivity contribution < 1.29 is 24.2 Å². The van der Waals surface area contributed by atoms with Gasteiger partial charge in [0.1, 0.15) is 10.5 Å². The number of aliphatic hydroxyl groups is 1. The summed E-state index contributed by atoms with van der Waals surface area (Å²) in [6.45, 7) is 13.6. The molecule has 0 radical (unpaired) electrons. The number of hydrogen-bond donors (Lipinski definition) is 1. The Kier molecular flexibility index (Phi) is 47.2. The molecule has 0 amide bonds. The van der Waals surface area contributed by atoms with Crippen molar-refractivity contribution in [3.8, 4) is 0 Å². The lowest BCUT2D eigenvalue weighted by Crippen LogP contribution is -2.27. The van der Waals surface area contributed by atoms with E-state index in [1.54, 1.807) is 0 Å². The summed E-state index contributed by atoms with van der Waals surface area (Å²) >= 11 is 3.69. The van der Waals surface area contributed by atoms with E-state index in [1.807, 2.05) is 23.5 Å². The van der Waals surface area contributed by atoms with Crippen molar-refractivity contribution in [2.75, 3.05) is 51.0 Å². The molecule has 0 fully saturated rings. The zero-order valence-corrected chi connectivity index (χ0v) is 40.8. The first kappa shape index (κ1) is 57.6. The summed E-state index contributed by atoms with van der Waals surface area (Å²) in [7, 11) is 0. The normalized spacial score (nSPS) is 12.7. The minimum atomic E-state index is 0.00531. The first-order valence-electron chi connectivity index (χ1n) is 25.4. The number of nitrogens with zero attached hydrogens (tertiary/aromatic N) is 1. The molecular weight excluding hydrogens is 759 g/mol. The van der Waals surface area contributed by atoms with Gasteiger partial charge >= 0.3 is 11.9 Å². The first-order valence-corrected chi connectivity index (χ1v) is 27.5. The molecule has 8 heteroatoms. The van der Waals surface area contributed by atoms with Gasteiger partial charge in [0.25, 0.3) is 0 Å². The Hall–Kier alpha value is -0.440. The van der Waals surface area contributed by atoms with E-state index in [9.17, 15) is 14.7 Å². The Labute approximate surface area is 370 Å². The molecule has 1 N–H and O–H groups in total. The van der Waals surface area contributed by atoms with Crippen LogP contribution in [0.25, 0.3) is 0 Å². The summed E-state index contributed by atoms with van der Waals surface area (Å²) in [5.74, 6) is 2.19. The van der Waals surface area contributed by atoms with E-state index in [0.717, 1.165) is 121 Å². The maximum atomic E-state index is 13.1. The molecule has 0 aromatic rings. The molecule has 58 heavy (non-hydrogen) atoms. The number of rotatable bonds is 48. The van der Waals surface area contributed by atoms with Gasteiger partial charge in [-0.25, -0.2) is 0 Å². The van der Waals surface area contributed by atoms with Crippen LogP contribution in [0.3, 0.4) is 0 Å². The van der Waals surface area contributed by atoms with E-state index < -0.39 is 0 Å². The quantitative estimate of drug-likeness (QED) is 0.0479. The van der Waals surface area contributed by atoms with Crippen LogP contribution in [0.4, 0.5) is 0 Å². The van der Waals surface area contributed by atoms with Gasteiger partial charge in [0.15, 0.2) is 0 Å². The Bertz CT molecular complexity index is 755. The highest BCUT2D eigenvalue weighted by molar-refractivity contribution is 8.00. The molecule has 6 nitrogen and oxygen atoms in total. The molecular formula is C50H99NO5S2. The van der Waals surface area contributed by atoms with Gasteiger partial charge in [0, 0.05) is 6.61 Å². The lowest BCUT2D eigenvalue weighted by molar-refractivity contribution is -0.144. The predicted molar refractivity (Wildman–Crippen MR) is 258 cm³/mol. The number of carbonyl (C=O) groups excluding carboxylic acids is 2. The van der Waals surface area contributed by atoms with Gasteiger partial charge in [0.05, 0.1) is 13.2 Å². The second kappa shape index (κ2) is 47.6. The van der Waals surface area contributed by atoms with E-state index in [-0.39, 0.29) is 29.0 Å². The SMILES string of the molecule is CCCCCCCCC(SCCCCCCC)C(=O)OCCCCCCN(CCCCO)CCCCCCOC(=O)C(CCCCCCCC)SCCCCCCC. The summed E-state index contributed by atoms with van der Waals surface area (Å²) in [5.41, 5.74) is 0. The average Bonchev–Trinajstić information content (AvgIpc) is 3.23. The van der Waals surface area contributed by atoms with Crippen molar-refractivity contribution >= 4 is 35.5 Å². The van der Waals surface area contributed by atoms with Gasteiger partial charge in [-0.3, -0.25) is 9.59 Å². The van der Waals surface area contributed by atoms with Crippen LogP contribution in [-0.4, -0.2) is 83.4 Å². The number of thioether (sulfide) groups is 2. The fraction of sp³-hybridized carbons (Fsp3) is 0.960. The molecule has 0 bridgehead atoms. The number of aliphatic hydroxyl groups excluding tert-OH is 1. The van der Waals surface area contributed by atoms with Crippen LogP contribution >= 0.6 is 23.5 Å². The number of unbranched alkanes of at least 4 members (excludes halogenated alkanes) is 25. The topological polar surface area (TPSA) is 76.1 Å². The van der Waals surface area contributed by atoms with Crippen molar-refractivity contribution in [1.29, 1.82) is 0 Å². The summed E-state index contributed by atoms with van der Waals surface area (Å²) < 4.78 is 11.7. The van der Waals surface area contributed by atoms with Crippen LogP contribution in [0.1, 0.15) is 246 Å². The highest BCUT2D eigenvalue weighted by Gasteiger charge is 2.21. The highest BCUT2D eigenvalue weighted by Crippen LogP contribution is 2.24. The molecule has 0 saturated heterocycles. The molecule has 2 atom stereocenters. The van der Waals surface area contributed by atoms with Crippen molar-refractivity contribution in [2.45, 2.75) is 257 Å². The summed E-state index contributed by atoms with van der Waals surface area (Å²) in [6.07, 6.45) is 40.4.